The van der Waals surface area contributed by atoms with Crippen molar-refractivity contribution in [3.63, 3.8) is 0 Å². The Kier molecular flexibility index (Phi) is 7.51. The van der Waals surface area contributed by atoms with Crippen molar-refractivity contribution in [2.45, 2.75) is 32.6 Å². The largest absolute Gasteiger partial charge is 0.416 e. The van der Waals surface area contributed by atoms with Gasteiger partial charge in [-0.15, -0.1) is 0 Å². The molecule has 1 aliphatic rings. The van der Waals surface area contributed by atoms with Crippen LogP contribution < -0.4 is 10.2 Å². The summed E-state index contributed by atoms with van der Waals surface area (Å²) in [5.41, 5.74) is -0.234. The fraction of sp³-hybridized carbons (Fsp3) is 0.250. The van der Waals surface area contributed by atoms with Crippen LogP contribution in [0.25, 0.3) is 0 Å². The number of urea groups is 1. The summed E-state index contributed by atoms with van der Waals surface area (Å²) in [6, 6.07) is 8.83. The normalized spacial score (nSPS) is 15.8. The van der Waals surface area contributed by atoms with E-state index < -0.39 is 35.5 Å². The van der Waals surface area contributed by atoms with Crippen molar-refractivity contribution in [1.29, 1.82) is 5.26 Å². The number of nitriles is 1. The van der Waals surface area contributed by atoms with Crippen molar-refractivity contribution in [3.05, 3.63) is 94.2 Å². The van der Waals surface area contributed by atoms with E-state index in [0.29, 0.717) is 5.82 Å². The van der Waals surface area contributed by atoms with Crippen LogP contribution in [0.4, 0.5) is 23.7 Å². The molecule has 0 aliphatic carbocycles. The number of halogens is 3. The van der Waals surface area contributed by atoms with Crippen LogP contribution in [0.1, 0.15) is 52.8 Å². The van der Waals surface area contributed by atoms with E-state index in [1.165, 1.54) is 56.1 Å². The van der Waals surface area contributed by atoms with E-state index >= 15 is 0 Å². The average Bonchev–Trinajstić information content (AvgIpc) is 3.32. The Labute approximate surface area is 228 Å². The minimum atomic E-state index is -4.63. The van der Waals surface area contributed by atoms with Crippen LogP contribution in [0.2, 0.25) is 0 Å². The van der Waals surface area contributed by atoms with Crippen molar-refractivity contribution in [2.24, 2.45) is 7.05 Å². The number of Topliss-reactive ketones (excluding diaryl/α,β-unsaturated/α-hetero) is 1. The number of carbonyl (C=O) groups excluding carboxylic acids is 3. The Morgan fingerprint density at radius 2 is 1.88 bits per heavy atom. The Balaban J connectivity index is 1.83. The van der Waals surface area contributed by atoms with E-state index in [0.717, 1.165) is 17.0 Å². The molecule has 1 aromatic heterocycles. The lowest BCUT2D eigenvalue weighted by Gasteiger charge is -2.41. The lowest BCUT2D eigenvalue weighted by Crippen LogP contribution is -2.49. The quantitative estimate of drug-likeness (QED) is 0.478. The van der Waals surface area contributed by atoms with Crippen molar-refractivity contribution < 1.29 is 27.6 Å². The molecule has 12 heteroatoms. The molecule has 206 valence electrons. The molecule has 2 heterocycles. The number of nitrogens with one attached hydrogen (secondary N) is 1. The van der Waals surface area contributed by atoms with E-state index in [1.807, 2.05) is 6.07 Å². The molecule has 4 rings (SSSR count). The predicted octanol–water partition coefficient (Wildman–Crippen LogP) is 4.72. The van der Waals surface area contributed by atoms with E-state index in [4.69, 9.17) is 0 Å². The monoisotopic (exact) mass is 550 g/mol. The maximum atomic E-state index is 13.6. The molecule has 3 aromatic rings. The summed E-state index contributed by atoms with van der Waals surface area (Å²) in [5.74, 6) is -0.424. The minimum Gasteiger partial charge on any atom is -0.345 e. The average molecular weight is 551 g/mol. The van der Waals surface area contributed by atoms with Gasteiger partial charge in [0.1, 0.15) is 5.82 Å². The molecule has 0 fully saturated rings. The lowest BCUT2D eigenvalue weighted by molar-refractivity contribution is -0.137. The van der Waals surface area contributed by atoms with Gasteiger partial charge >= 0.3 is 12.2 Å². The number of aryl methyl sites for hydroxylation is 1. The highest BCUT2D eigenvalue weighted by atomic mass is 19.4. The molecular formula is C28H25F3N6O3. The number of aromatic nitrogens is 2. The van der Waals surface area contributed by atoms with Crippen LogP contribution in [-0.2, 0) is 24.6 Å². The first-order valence-corrected chi connectivity index (χ1v) is 12.1. The van der Waals surface area contributed by atoms with Gasteiger partial charge in [0.05, 0.1) is 35.5 Å². The molecule has 40 heavy (non-hydrogen) atoms. The van der Waals surface area contributed by atoms with Gasteiger partial charge in [-0.3, -0.25) is 14.5 Å². The molecule has 1 N–H and O–H groups in total. The first-order valence-electron chi connectivity index (χ1n) is 12.1. The number of rotatable bonds is 6. The number of hydrogen-bond donors (Lipinski definition) is 1. The maximum absolute atomic E-state index is 13.6. The van der Waals surface area contributed by atoms with Gasteiger partial charge in [0, 0.05) is 43.3 Å². The summed E-state index contributed by atoms with van der Waals surface area (Å²) in [6.07, 6.45) is -1.34. The second-order valence-corrected chi connectivity index (χ2v) is 9.29. The van der Waals surface area contributed by atoms with Gasteiger partial charge in [-0.2, -0.15) is 18.4 Å². The van der Waals surface area contributed by atoms with E-state index in [-0.39, 0.29) is 40.2 Å². The third-order valence-electron chi connectivity index (χ3n) is 6.74. The third-order valence-corrected chi connectivity index (χ3v) is 6.74. The zero-order chi connectivity index (χ0) is 29.4. The molecule has 0 saturated heterocycles. The number of amides is 3. The summed E-state index contributed by atoms with van der Waals surface area (Å²) >= 11 is 0. The van der Waals surface area contributed by atoms with Crippen molar-refractivity contribution >= 4 is 23.4 Å². The number of ketones is 1. The number of nitrogens with zero attached hydrogens (tertiary/aromatic N) is 5. The molecule has 0 saturated carbocycles. The standard InChI is InChI=1S/C28H25F3N6O3/c1-16-24(17(2)38)25(36(4)27(40)37(16)20-7-5-6-19(13-20)28(29,30)31)21-9-8-18(14-32)12-22(21)26(39)34-15-23-33-10-11-35(23)3/h5-13,25H,15H2,1-4H3,(H,34,39). The Morgan fingerprint density at radius 3 is 2.48 bits per heavy atom. The van der Waals surface area contributed by atoms with E-state index in [2.05, 4.69) is 10.3 Å². The van der Waals surface area contributed by atoms with Gasteiger partial charge in [-0.25, -0.2) is 9.78 Å². The number of benzene rings is 2. The second-order valence-electron chi connectivity index (χ2n) is 9.29. The number of anilines is 1. The van der Waals surface area contributed by atoms with Crippen LogP contribution in [0.5, 0.6) is 0 Å². The highest BCUT2D eigenvalue weighted by Gasteiger charge is 2.41. The van der Waals surface area contributed by atoms with Crippen molar-refractivity contribution in [3.8, 4) is 6.07 Å². The van der Waals surface area contributed by atoms with Crippen molar-refractivity contribution in [1.82, 2.24) is 19.8 Å². The minimum absolute atomic E-state index is 0.0609. The predicted molar refractivity (Wildman–Crippen MR) is 139 cm³/mol. The van der Waals surface area contributed by atoms with Crippen LogP contribution in [0.15, 0.2) is 66.1 Å². The Bertz CT molecular complexity index is 1580. The fourth-order valence-corrected chi connectivity index (χ4v) is 4.74. The zero-order valence-corrected chi connectivity index (χ0v) is 22.1. The number of allylic oxidation sites excluding steroid dienone is 1. The van der Waals surface area contributed by atoms with Crippen LogP contribution in [-0.4, -0.2) is 39.2 Å². The van der Waals surface area contributed by atoms with Gasteiger partial charge in [-0.05, 0) is 49.7 Å². The van der Waals surface area contributed by atoms with Crippen LogP contribution >= 0.6 is 0 Å². The number of alkyl halides is 3. The first-order chi connectivity index (χ1) is 18.8. The summed E-state index contributed by atoms with van der Waals surface area (Å²) in [4.78, 5) is 46.4. The molecule has 0 spiro atoms. The highest BCUT2D eigenvalue weighted by molar-refractivity contribution is 6.06. The number of carbonyl (C=O) groups is 3. The molecule has 0 radical (unpaired) electrons. The summed E-state index contributed by atoms with van der Waals surface area (Å²) < 4.78 is 41.9. The Morgan fingerprint density at radius 1 is 1.15 bits per heavy atom. The smallest absolute Gasteiger partial charge is 0.345 e. The maximum Gasteiger partial charge on any atom is 0.416 e. The van der Waals surface area contributed by atoms with E-state index in [1.54, 1.807) is 24.0 Å². The van der Waals surface area contributed by atoms with Gasteiger partial charge in [0.2, 0.25) is 0 Å². The molecule has 0 bridgehead atoms. The second kappa shape index (κ2) is 10.7. The summed E-state index contributed by atoms with van der Waals surface area (Å²) in [5, 5.41) is 12.2. The molecular weight excluding hydrogens is 525 g/mol. The van der Waals surface area contributed by atoms with Crippen LogP contribution in [0.3, 0.4) is 0 Å². The number of imidazole rings is 1. The number of likely N-dealkylation sites (N-methyl/N-ethyl adjacent to an activating group) is 1. The zero-order valence-electron chi connectivity index (χ0n) is 22.1. The number of hydrogen-bond acceptors (Lipinski definition) is 5. The van der Waals surface area contributed by atoms with Gasteiger partial charge < -0.3 is 14.8 Å². The van der Waals surface area contributed by atoms with E-state index in [9.17, 15) is 32.8 Å². The Hall–Kier alpha value is -4.92. The summed E-state index contributed by atoms with van der Waals surface area (Å²) in [7, 11) is 3.17. The summed E-state index contributed by atoms with van der Waals surface area (Å²) in [6.45, 7) is 2.83. The molecule has 9 nitrogen and oxygen atoms in total. The lowest BCUT2D eigenvalue weighted by atomic mass is 9.87. The molecule has 1 aliphatic heterocycles. The molecule has 1 unspecified atom stereocenters. The SMILES string of the molecule is CC(=O)C1=C(C)N(c2cccc(C(F)(F)F)c2)C(=O)N(C)C1c1ccc(C#N)cc1C(=O)NCc1nccn1C. The highest BCUT2D eigenvalue weighted by Crippen LogP contribution is 2.41. The fourth-order valence-electron chi connectivity index (χ4n) is 4.74. The molecule has 1 atom stereocenters. The third kappa shape index (κ3) is 5.18. The van der Waals surface area contributed by atoms with Crippen molar-refractivity contribution in [2.75, 3.05) is 11.9 Å². The topological polar surface area (TPSA) is 111 Å². The first kappa shape index (κ1) is 28.1. The molecule has 2 aromatic carbocycles. The van der Waals surface area contributed by atoms with Crippen LogP contribution in [0, 0.1) is 11.3 Å². The van der Waals surface area contributed by atoms with Gasteiger partial charge in [0.25, 0.3) is 5.91 Å². The van der Waals surface area contributed by atoms with Gasteiger partial charge in [0.15, 0.2) is 5.78 Å². The molecule has 3 amide bonds. The van der Waals surface area contributed by atoms with Gasteiger partial charge in [-0.1, -0.05) is 12.1 Å².